The van der Waals surface area contributed by atoms with Gasteiger partial charge < -0.3 is 9.32 Å². The maximum atomic E-state index is 5.72. The van der Waals surface area contributed by atoms with Gasteiger partial charge in [0.2, 0.25) is 5.89 Å². The van der Waals surface area contributed by atoms with E-state index in [9.17, 15) is 0 Å². The molecule has 0 amide bonds. The summed E-state index contributed by atoms with van der Waals surface area (Å²) in [5.41, 5.74) is 0. The van der Waals surface area contributed by atoms with Crippen molar-refractivity contribution in [2.45, 2.75) is 38.8 Å². The number of oxazole rings is 1. The molecule has 2 aromatic heterocycles. The highest BCUT2D eigenvalue weighted by atomic mass is 32.1. The summed E-state index contributed by atoms with van der Waals surface area (Å²) in [4.78, 5) is 10.8. The fraction of sp³-hybridized carbons (Fsp3) is 0.588. The van der Waals surface area contributed by atoms with Gasteiger partial charge in [-0.05, 0) is 37.9 Å². The molecule has 22 heavy (non-hydrogen) atoms. The molecule has 2 aromatic rings. The van der Waals surface area contributed by atoms with Gasteiger partial charge in [0.05, 0.1) is 12.7 Å². The highest BCUT2D eigenvalue weighted by molar-refractivity contribution is 7.09. The SMILES string of the molecule is CCc1cnc(CN(C)[C@@H]2CCN(CCc3cccs3)C2)o1. The van der Waals surface area contributed by atoms with Gasteiger partial charge in [0, 0.05) is 30.4 Å². The highest BCUT2D eigenvalue weighted by Gasteiger charge is 2.26. The summed E-state index contributed by atoms with van der Waals surface area (Å²) in [5.74, 6) is 1.82. The average molecular weight is 319 g/mol. The lowest BCUT2D eigenvalue weighted by Crippen LogP contribution is -2.34. The van der Waals surface area contributed by atoms with Crippen LogP contribution in [0.2, 0.25) is 0 Å². The third kappa shape index (κ3) is 3.97. The Bertz CT molecular complexity index is 566. The number of aromatic nitrogens is 1. The second-order valence-electron chi connectivity index (χ2n) is 6.06. The van der Waals surface area contributed by atoms with Crippen LogP contribution >= 0.6 is 11.3 Å². The Morgan fingerprint density at radius 1 is 1.50 bits per heavy atom. The molecule has 1 saturated heterocycles. The molecule has 1 aliphatic rings. The second-order valence-corrected chi connectivity index (χ2v) is 7.09. The molecule has 1 atom stereocenters. The number of likely N-dealkylation sites (N-methyl/N-ethyl adjacent to an activating group) is 1. The van der Waals surface area contributed by atoms with Crippen LogP contribution in [-0.4, -0.2) is 47.5 Å². The minimum atomic E-state index is 0.611. The minimum absolute atomic E-state index is 0.611. The van der Waals surface area contributed by atoms with Crippen molar-refractivity contribution in [1.29, 1.82) is 0 Å². The normalized spacial score (nSPS) is 19.3. The molecule has 0 aromatic carbocycles. The van der Waals surface area contributed by atoms with E-state index < -0.39 is 0 Å². The standard InChI is InChI=1S/C17H25N3OS/c1-3-15-11-18-17(21-15)13-19(2)14-6-8-20(12-14)9-7-16-5-4-10-22-16/h4-5,10-11,14H,3,6-9,12-13H2,1-2H3/t14-/m1/s1. The summed E-state index contributed by atoms with van der Waals surface area (Å²) in [6, 6.07) is 4.99. The van der Waals surface area contributed by atoms with Gasteiger partial charge in [-0.15, -0.1) is 11.3 Å². The van der Waals surface area contributed by atoms with Crippen molar-refractivity contribution in [3.63, 3.8) is 0 Å². The number of rotatable bonds is 7. The third-order valence-corrected chi connectivity index (χ3v) is 5.40. The number of likely N-dealkylation sites (tertiary alicyclic amines) is 1. The lowest BCUT2D eigenvalue weighted by Gasteiger charge is -2.23. The predicted octanol–water partition coefficient (Wildman–Crippen LogP) is 3.05. The van der Waals surface area contributed by atoms with Crippen LogP contribution in [-0.2, 0) is 19.4 Å². The molecule has 3 heterocycles. The first-order valence-electron chi connectivity index (χ1n) is 8.13. The van der Waals surface area contributed by atoms with E-state index in [0.717, 1.165) is 31.2 Å². The number of hydrogen-bond acceptors (Lipinski definition) is 5. The van der Waals surface area contributed by atoms with Crippen LogP contribution in [0.4, 0.5) is 0 Å². The third-order valence-electron chi connectivity index (χ3n) is 4.46. The average Bonchev–Trinajstić information content (AvgIpc) is 3.26. The predicted molar refractivity (Wildman–Crippen MR) is 90.2 cm³/mol. The zero-order valence-corrected chi connectivity index (χ0v) is 14.3. The zero-order valence-electron chi connectivity index (χ0n) is 13.5. The summed E-state index contributed by atoms with van der Waals surface area (Å²) < 4.78 is 5.72. The van der Waals surface area contributed by atoms with E-state index in [4.69, 9.17) is 4.42 Å². The van der Waals surface area contributed by atoms with Crippen molar-refractivity contribution in [2.75, 3.05) is 26.7 Å². The molecule has 1 fully saturated rings. The largest absolute Gasteiger partial charge is 0.444 e. The Morgan fingerprint density at radius 2 is 2.41 bits per heavy atom. The molecule has 0 spiro atoms. The van der Waals surface area contributed by atoms with Crippen molar-refractivity contribution < 1.29 is 4.42 Å². The quantitative estimate of drug-likeness (QED) is 0.785. The zero-order chi connectivity index (χ0) is 15.4. The molecular weight excluding hydrogens is 294 g/mol. The number of nitrogens with zero attached hydrogens (tertiary/aromatic N) is 3. The maximum absolute atomic E-state index is 5.72. The van der Waals surface area contributed by atoms with Crippen molar-refractivity contribution in [1.82, 2.24) is 14.8 Å². The van der Waals surface area contributed by atoms with Crippen LogP contribution in [0.1, 0.15) is 29.9 Å². The van der Waals surface area contributed by atoms with E-state index in [-0.39, 0.29) is 0 Å². The van der Waals surface area contributed by atoms with E-state index in [1.807, 2.05) is 17.5 Å². The lowest BCUT2D eigenvalue weighted by atomic mass is 10.2. The van der Waals surface area contributed by atoms with Crippen molar-refractivity contribution >= 4 is 11.3 Å². The molecule has 0 bridgehead atoms. The number of thiophene rings is 1. The first-order chi connectivity index (χ1) is 10.7. The lowest BCUT2D eigenvalue weighted by molar-refractivity contribution is 0.206. The van der Waals surface area contributed by atoms with Gasteiger partial charge in [-0.25, -0.2) is 4.98 Å². The highest BCUT2D eigenvalue weighted by Crippen LogP contribution is 2.18. The molecule has 0 saturated carbocycles. The minimum Gasteiger partial charge on any atom is -0.444 e. The molecule has 0 radical (unpaired) electrons. The van der Waals surface area contributed by atoms with Gasteiger partial charge in [0.1, 0.15) is 5.76 Å². The van der Waals surface area contributed by atoms with Crippen molar-refractivity contribution in [2.24, 2.45) is 0 Å². The van der Waals surface area contributed by atoms with E-state index in [1.165, 1.54) is 30.8 Å². The molecule has 0 N–H and O–H groups in total. The molecule has 0 aliphatic carbocycles. The number of aryl methyl sites for hydroxylation is 1. The van der Waals surface area contributed by atoms with Gasteiger partial charge in [0.15, 0.2) is 0 Å². The fourth-order valence-corrected chi connectivity index (χ4v) is 3.72. The molecule has 5 heteroatoms. The number of hydrogen-bond donors (Lipinski definition) is 0. The fourth-order valence-electron chi connectivity index (χ4n) is 3.03. The monoisotopic (exact) mass is 319 g/mol. The van der Waals surface area contributed by atoms with E-state index in [1.54, 1.807) is 0 Å². The van der Waals surface area contributed by atoms with Crippen LogP contribution in [0.5, 0.6) is 0 Å². The topological polar surface area (TPSA) is 32.5 Å². The van der Waals surface area contributed by atoms with Crippen molar-refractivity contribution in [3.8, 4) is 0 Å². The Labute approximate surface area is 136 Å². The maximum Gasteiger partial charge on any atom is 0.208 e. The first-order valence-corrected chi connectivity index (χ1v) is 9.01. The Morgan fingerprint density at radius 3 is 3.14 bits per heavy atom. The molecule has 4 nitrogen and oxygen atoms in total. The van der Waals surface area contributed by atoms with Crippen LogP contribution in [0.3, 0.4) is 0 Å². The summed E-state index contributed by atoms with van der Waals surface area (Å²) >= 11 is 1.86. The van der Waals surface area contributed by atoms with Gasteiger partial charge in [-0.3, -0.25) is 4.90 Å². The van der Waals surface area contributed by atoms with E-state index in [0.29, 0.717) is 6.04 Å². The summed E-state index contributed by atoms with van der Waals surface area (Å²) in [6.07, 6.45) is 5.18. The van der Waals surface area contributed by atoms with Crippen LogP contribution < -0.4 is 0 Å². The van der Waals surface area contributed by atoms with Gasteiger partial charge in [-0.1, -0.05) is 13.0 Å². The summed E-state index contributed by atoms with van der Waals surface area (Å²) in [6.45, 7) is 6.43. The van der Waals surface area contributed by atoms with E-state index >= 15 is 0 Å². The summed E-state index contributed by atoms with van der Waals surface area (Å²) in [7, 11) is 2.18. The second kappa shape index (κ2) is 7.40. The summed E-state index contributed by atoms with van der Waals surface area (Å²) in [5, 5.41) is 2.16. The molecule has 120 valence electrons. The van der Waals surface area contributed by atoms with Crippen LogP contribution in [0.15, 0.2) is 28.1 Å². The van der Waals surface area contributed by atoms with Gasteiger partial charge >= 0.3 is 0 Å². The smallest absolute Gasteiger partial charge is 0.208 e. The van der Waals surface area contributed by atoms with Gasteiger partial charge in [-0.2, -0.15) is 0 Å². The molecule has 3 rings (SSSR count). The Kier molecular flexibility index (Phi) is 5.28. The molecule has 0 unspecified atom stereocenters. The molecule has 1 aliphatic heterocycles. The van der Waals surface area contributed by atoms with Crippen molar-refractivity contribution in [3.05, 3.63) is 40.2 Å². The Balaban J connectivity index is 1.45. The van der Waals surface area contributed by atoms with E-state index in [2.05, 4.69) is 46.3 Å². The Hall–Kier alpha value is -1.17. The van der Waals surface area contributed by atoms with Gasteiger partial charge in [0.25, 0.3) is 0 Å². The van der Waals surface area contributed by atoms with Crippen LogP contribution in [0.25, 0.3) is 0 Å². The van der Waals surface area contributed by atoms with Crippen LogP contribution in [0, 0.1) is 0 Å². The molecular formula is C17H25N3OS. The first kappa shape index (κ1) is 15.7.